The van der Waals surface area contributed by atoms with Crippen molar-refractivity contribution in [1.29, 1.82) is 0 Å². The van der Waals surface area contributed by atoms with Crippen molar-refractivity contribution >= 4 is 16.5 Å². The van der Waals surface area contributed by atoms with Crippen molar-refractivity contribution in [3.05, 3.63) is 29.6 Å². The lowest BCUT2D eigenvalue weighted by Gasteiger charge is -2.05. The Morgan fingerprint density at radius 2 is 2.27 bits per heavy atom. The maximum absolute atomic E-state index is 13.4. The average molecular weight is 231 g/mol. The van der Waals surface area contributed by atoms with Crippen molar-refractivity contribution in [2.45, 2.75) is 5.75 Å². The van der Waals surface area contributed by atoms with E-state index in [2.05, 4.69) is 0 Å². The Balaban J connectivity index is 2.64. The number of ether oxygens (including phenoxy) is 1. The Hall–Kier alpha value is -0.940. The number of methoxy groups -OCH3 is 1. The van der Waals surface area contributed by atoms with Gasteiger partial charge in [-0.3, -0.25) is 4.21 Å². The third-order valence-electron chi connectivity index (χ3n) is 1.94. The third kappa shape index (κ3) is 3.60. The molecule has 1 aromatic rings. The second-order valence-corrected chi connectivity index (χ2v) is 4.68. The molecule has 1 rings (SSSR count). The highest BCUT2D eigenvalue weighted by molar-refractivity contribution is 7.84. The fourth-order valence-electron chi connectivity index (χ4n) is 1.13. The van der Waals surface area contributed by atoms with Crippen LogP contribution in [0, 0.1) is 5.82 Å². The largest absolute Gasteiger partial charge is 0.396 e. The molecule has 0 amide bonds. The summed E-state index contributed by atoms with van der Waals surface area (Å²) in [6.45, 7) is 0.413. The highest BCUT2D eigenvalue weighted by atomic mass is 32.2. The number of nitrogen functional groups attached to an aromatic ring is 1. The average Bonchev–Trinajstić information content (AvgIpc) is 2.22. The molecule has 0 aliphatic rings. The predicted octanol–water partition coefficient (Wildman–Crippen LogP) is 1.30. The van der Waals surface area contributed by atoms with E-state index in [0.29, 0.717) is 17.9 Å². The molecule has 2 N–H and O–H groups in total. The Morgan fingerprint density at radius 1 is 1.53 bits per heavy atom. The molecule has 1 unspecified atom stereocenters. The van der Waals surface area contributed by atoms with E-state index in [0.717, 1.165) is 0 Å². The van der Waals surface area contributed by atoms with Gasteiger partial charge in [-0.1, -0.05) is 12.1 Å². The van der Waals surface area contributed by atoms with Crippen LogP contribution in [0.2, 0.25) is 0 Å². The maximum Gasteiger partial charge on any atom is 0.150 e. The van der Waals surface area contributed by atoms with Crippen molar-refractivity contribution in [3.63, 3.8) is 0 Å². The van der Waals surface area contributed by atoms with Crippen LogP contribution in [-0.4, -0.2) is 23.7 Å². The molecule has 3 nitrogen and oxygen atoms in total. The summed E-state index contributed by atoms with van der Waals surface area (Å²) in [5, 5.41) is 0. The number of rotatable bonds is 5. The van der Waals surface area contributed by atoms with E-state index in [4.69, 9.17) is 10.5 Å². The smallest absolute Gasteiger partial charge is 0.150 e. The first-order valence-corrected chi connectivity index (χ1v) is 6.00. The first kappa shape index (κ1) is 12.1. The number of anilines is 1. The summed E-state index contributed by atoms with van der Waals surface area (Å²) in [5.74, 6) is 0.119. The van der Waals surface area contributed by atoms with Crippen molar-refractivity contribution in [1.82, 2.24) is 0 Å². The minimum atomic E-state index is -1.11. The zero-order chi connectivity index (χ0) is 11.3. The summed E-state index contributed by atoms with van der Waals surface area (Å²) in [6, 6.07) is 4.73. The zero-order valence-corrected chi connectivity index (χ0v) is 9.35. The van der Waals surface area contributed by atoms with Crippen molar-refractivity contribution in [2.24, 2.45) is 0 Å². The van der Waals surface area contributed by atoms with Crippen LogP contribution in [0.1, 0.15) is 5.56 Å². The van der Waals surface area contributed by atoms with Gasteiger partial charge in [-0.25, -0.2) is 4.39 Å². The number of benzene rings is 1. The molecule has 0 spiro atoms. The fraction of sp³-hybridized carbons (Fsp3) is 0.400. The molecule has 0 fully saturated rings. The van der Waals surface area contributed by atoms with Gasteiger partial charge in [0.25, 0.3) is 0 Å². The zero-order valence-electron chi connectivity index (χ0n) is 8.53. The number of nitrogens with two attached hydrogens (primary N) is 1. The van der Waals surface area contributed by atoms with Crippen molar-refractivity contribution in [3.8, 4) is 0 Å². The minimum Gasteiger partial charge on any atom is -0.396 e. The molecule has 0 saturated carbocycles. The fourth-order valence-corrected chi connectivity index (χ4v) is 2.20. The first-order chi connectivity index (χ1) is 7.15. The predicted molar refractivity (Wildman–Crippen MR) is 59.4 cm³/mol. The van der Waals surface area contributed by atoms with E-state index in [-0.39, 0.29) is 11.4 Å². The van der Waals surface area contributed by atoms with Gasteiger partial charge >= 0.3 is 0 Å². The molecule has 84 valence electrons. The van der Waals surface area contributed by atoms with E-state index < -0.39 is 16.6 Å². The van der Waals surface area contributed by atoms with Gasteiger partial charge in [-0.2, -0.15) is 0 Å². The van der Waals surface area contributed by atoms with Gasteiger partial charge in [0.1, 0.15) is 5.82 Å². The number of hydrogen-bond acceptors (Lipinski definition) is 3. The molecule has 0 radical (unpaired) electrons. The third-order valence-corrected chi connectivity index (χ3v) is 3.20. The first-order valence-electron chi connectivity index (χ1n) is 4.52. The molecule has 0 heterocycles. The lowest BCUT2D eigenvalue weighted by Crippen LogP contribution is -2.08. The molecule has 0 bridgehead atoms. The van der Waals surface area contributed by atoms with Crippen LogP contribution in [0.25, 0.3) is 0 Å². The summed E-state index contributed by atoms with van der Waals surface area (Å²) in [6.07, 6.45) is 0. The van der Waals surface area contributed by atoms with Crippen LogP contribution in [0.5, 0.6) is 0 Å². The molecule has 0 saturated heterocycles. The quantitative estimate of drug-likeness (QED) is 0.777. The SMILES string of the molecule is COCCS(=O)Cc1cccc(N)c1F. The molecule has 15 heavy (non-hydrogen) atoms. The van der Waals surface area contributed by atoms with Gasteiger partial charge in [0, 0.05) is 29.2 Å². The molecular weight excluding hydrogens is 217 g/mol. The Morgan fingerprint density at radius 3 is 2.93 bits per heavy atom. The van der Waals surface area contributed by atoms with Crippen LogP contribution >= 0.6 is 0 Å². The van der Waals surface area contributed by atoms with Crippen molar-refractivity contribution in [2.75, 3.05) is 25.2 Å². The molecule has 1 atom stereocenters. The lowest BCUT2D eigenvalue weighted by atomic mass is 10.2. The van der Waals surface area contributed by atoms with Gasteiger partial charge in [0.15, 0.2) is 0 Å². The van der Waals surface area contributed by atoms with Crippen LogP contribution < -0.4 is 5.73 Å². The van der Waals surface area contributed by atoms with E-state index in [1.54, 1.807) is 12.1 Å². The van der Waals surface area contributed by atoms with Gasteiger partial charge in [0.05, 0.1) is 18.0 Å². The van der Waals surface area contributed by atoms with E-state index >= 15 is 0 Å². The number of halogens is 1. The summed E-state index contributed by atoms with van der Waals surface area (Å²) in [4.78, 5) is 0. The summed E-state index contributed by atoms with van der Waals surface area (Å²) in [7, 11) is 0.430. The Labute approximate surface area is 90.9 Å². The van der Waals surface area contributed by atoms with Crippen LogP contribution in [0.4, 0.5) is 10.1 Å². The second-order valence-electron chi connectivity index (χ2n) is 3.10. The van der Waals surface area contributed by atoms with Gasteiger partial charge in [0.2, 0.25) is 0 Å². The van der Waals surface area contributed by atoms with Gasteiger partial charge < -0.3 is 10.5 Å². The summed E-state index contributed by atoms with van der Waals surface area (Å²) < 4.78 is 29.6. The van der Waals surface area contributed by atoms with Crippen LogP contribution in [0.3, 0.4) is 0 Å². The number of hydrogen-bond donors (Lipinski definition) is 1. The lowest BCUT2D eigenvalue weighted by molar-refractivity contribution is 0.218. The summed E-state index contributed by atoms with van der Waals surface area (Å²) in [5.41, 5.74) is 5.88. The molecule has 0 aromatic heterocycles. The van der Waals surface area contributed by atoms with Crippen molar-refractivity contribution < 1.29 is 13.3 Å². The molecule has 0 aliphatic carbocycles. The minimum absolute atomic E-state index is 0.0937. The Kier molecular flexibility index (Phi) is 4.71. The normalized spacial score (nSPS) is 12.7. The monoisotopic (exact) mass is 231 g/mol. The second kappa shape index (κ2) is 5.82. The standard InChI is InChI=1S/C10H14FNO2S/c1-14-5-6-15(13)7-8-3-2-4-9(12)10(8)11/h2-4H,5-7,12H2,1H3. The molecular formula is C10H14FNO2S. The topological polar surface area (TPSA) is 52.3 Å². The van der Waals surface area contributed by atoms with E-state index in [1.807, 2.05) is 0 Å². The van der Waals surface area contributed by atoms with E-state index in [1.165, 1.54) is 13.2 Å². The molecule has 1 aromatic carbocycles. The van der Waals surface area contributed by atoms with Crippen LogP contribution in [0.15, 0.2) is 18.2 Å². The highest BCUT2D eigenvalue weighted by Gasteiger charge is 2.08. The Bertz CT molecular complexity index is 357. The molecule has 5 heteroatoms. The molecule has 0 aliphatic heterocycles. The van der Waals surface area contributed by atoms with Gasteiger partial charge in [-0.15, -0.1) is 0 Å². The maximum atomic E-state index is 13.4. The highest BCUT2D eigenvalue weighted by Crippen LogP contribution is 2.16. The van der Waals surface area contributed by atoms with E-state index in [9.17, 15) is 8.60 Å². The van der Waals surface area contributed by atoms with Gasteiger partial charge in [-0.05, 0) is 6.07 Å². The van der Waals surface area contributed by atoms with Crippen LogP contribution in [-0.2, 0) is 21.3 Å². The summed E-state index contributed by atoms with van der Waals surface area (Å²) >= 11 is 0.